The van der Waals surface area contributed by atoms with Crippen molar-refractivity contribution in [2.75, 3.05) is 14.2 Å². The van der Waals surface area contributed by atoms with Gasteiger partial charge in [0.2, 0.25) is 0 Å². The second-order valence-corrected chi connectivity index (χ2v) is 4.29. The molecule has 0 bridgehead atoms. The summed E-state index contributed by atoms with van der Waals surface area (Å²) in [6.45, 7) is 0. The van der Waals surface area contributed by atoms with Crippen LogP contribution in [0.3, 0.4) is 0 Å². The van der Waals surface area contributed by atoms with Crippen LogP contribution in [0.1, 0.15) is 10.4 Å². The van der Waals surface area contributed by atoms with Gasteiger partial charge in [0.25, 0.3) is 0 Å². The van der Waals surface area contributed by atoms with Gasteiger partial charge in [-0.15, -0.1) is 11.3 Å². The molecule has 0 unspecified atom stereocenters. The Hall–Kier alpha value is -1.55. The lowest BCUT2D eigenvalue weighted by Crippen LogP contribution is -1.93. The van der Waals surface area contributed by atoms with E-state index in [9.17, 15) is 0 Å². The van der Waals surface area contributed by atoms with Crippen LogP contribution in [-0.2, 0) is 6.42 Å². The second kappa shape index (κ2) is 4.99. The molecular formula is C12H13NO2S. The minimum Gasteiger partial charge on any atom is -0.497 e. The van der Waals surface area contributed by atoms with E-state index in [-0.39, 0.29) is 0 Å². The van der Waals surface area contributed by atoms with E-state index < -0.39 is 0 Å². The van der Waals surface area contributed by atoms with Crippen molar-refractivity contribution in [3.8, 4) is 11.5 Å². The normalized spacial score (nSPS) is 10.1. The van der Waals surface area contributed by atoms with Gasteiger partial charge < -0.3 is 9.47 Å². The average Bonchev–Trinajstić information content (AvgIpc) is 2.82. The van der Waals surface area contributed by atoms with E-state index in [1.807, 2.05) is 29.9 Å². The molecule has 2 aromatic rings. The molecule has 0 aliphatic rings. The number of methoxy groups -OCH3 is 2. The molecule has 4 heteroatoms. The standard InChI is InChI=1S/C12H13NO2S/c1-14-10-4-3-9(12(6-10)15-2)5-11-7-13-8-16-11/h3-4,6-8H,5H2,1-2H3. The number of thiazole rings is 1. The summed E-state index contributed by atoms with van der Waals surface area (Å²) in [5.41, 5.74) is 2.98. The third-order valence-electron chi connectivity index (χ3n) is 2.34. The lowest BCUT2D eigenvalue weighted by molar-refractivity contribution is 0.391. The Morgan fingerprint density at radius 1 is 1.25 bits per heavy atom. The SMILES string of the molecule is COc1ccc(Cc2cncs2)c(OC)c1. The molecule has 0 N–H and O–H groups in total. The van der Waals surface area contributed by atoms with E-state index >= 15 is 0 Å². The van der Waals surface area contributed by atoms with Crippen LogP contribution in [0.15, 0.2) is 29.9 Å². The molecule has 84 valence electrons. The van der Waals surface area contributed by atoms with Crippen LogP contribution < -0.4 is 9.47 Å². The molecule has 0 amide bonds. The van der Waals surface area contributed by atoms with Gasteiger partial charge in [-0.3, -0.25) is 4.98 Å². The number of ether oxygens (including phenoxy) is 2. The van der Waals surface area contributed by atoms with Crippen LogP contribution in [0.5, 0.6) is 11.5 Å². The third kappa shape index (κ3) is 2.33. The zero-order valence-corrected chi connectivity index (χ0v) is 10.1. The molecule has 1 heterocycles. The molecule has 1 aromatic carbocycles. The quantitative estimate of drug-likeness (QED) is 0.816. The molecule has 0 saturated carbocycles. The van der Waals surface area contributed by atoms with Crippen LogP contribution in [0.25, 0.3) is 0 Å². The van der Waals surface area contributed by atoms with Crippen molar-refractivity contribution in [2.24, 2.45) is 0 Å². The minimum atomic E-state index is 0.810. The zero-order chi connectivity index (χ0) is 11.4. The smallest absolute Gasteiger partial charge is 0.126 e. The first-order valence-electron chi connectivity index (χ1n) is 4.91. The Balaban J connectivity index is 2.26. The second-order valence-electron chi connectivity index (χ2n) is 3.32. The number of hydrogen-bond acceptors (Lipinski definition) is 4. The lowest BCUT2D eigenvalue weighted by atomic mass is 10.1. The Labute approximate surface area is 98.7 Å². The van der Waals surface area contributed by atoms with E-state index in [1.165, 1.54) is 4.88 Å². The van der Waals surface area contributed by atoms with E-state index in [2.05, 4.69) is 4.98 Å². The van der Waals surface area contributed by atoms with Gasteiger partial charge in [0.1, 0.15) is 11.5 Å². The molecule has 1 aromatic heterocycles. The maximum atomic E-state index is 5.34. The molecule has 2 rings (SSSR count). The highest BCUT2D eigenvalue weighted by atomic mass is 32.1. The molecule has 0 aliphatic carbocycles. The van der Waals surface area contributed by atoms with Crippen LogP contribution >= 0.6 is 11.3 Å². The number of aromatic nitrogens is 1. The van der Waals surface area contributed by atoms with Crippen LogP contribution in [-0.4, -0.2) is 19.2 Å². The molecular weight excluding hydrogens is 222 g/mol. The molecule has 16 heavy (non-hydrogen) atoms. The van der Waals surface area contributed by atoms with E-state index in [0.717, 1.165) is 23.5 Å². The third-order valence-corrected chi connectivity index (χ3v) is 3.12. The number of hydrogen-bond donors (Lipinski definition) is 0. The fourth-order valence-corrected chi connectivity index (χ4v) is 2.13. The fourth-order valence-electron chi connectivity index (χ4n) is 1.52. The van der Waals surface area contributed by atoms with Crippen molar-refractivity contribution in [1.29, 1.82) is 0 Å². The van der Waals surface area contributed by atoms with Crippen LogP contribution in [0.4, 0.5) is 0 Å². The Bertz CT molecular complexity index is 454. The molecule has 0 saturated heterocycles. The van der Waals surface area contributed by atoms with Gasteiger partial charge in [0.05, 0.1) is 19.7 Å². The van der Waals surface area contributed by atoms with Crippen molar-refractivity contribution in [2.45, 2.75) is 6.42 Å². The first kappa shape index (κ1) is 11.0. The molecule has 0 fully saturated rings. The molecule has 3 nitrogen and oxygen atoms in total. The first-order chi connectivity index (χ1) is 7.83. The summed E-state index contributed by atoms with van der Waals surface area (Å²) in [5.74, 6) is 1.66. The zero-order valence-electron chi connectivity index (χ0n) is 9.27. The summed E-state index contributed by atoms with van der Waals surface area (Å²) in [4.78, 5) is 5.29. The summed E-state index contributed by atoms with van der Waals surface area (Å²) >= 11 is 1.65. The highest BCUT2D eigenvalue weighted by molar-refractivity contribution is 7.09. The Morgan fingerprint density at radius 2 is 2.12 bits per heavy atom. The van der Waals surface area contributed by atoms with E-state index in [1.54, 1.807) is 25.6 Å². The predicted molar refractivity (Wildman–Crippen MR) is 64.5 cm³/mol. The van der Waals surface area contributed by atoms with Crippen molar-refractivity contribution in [3.63, 3.8) is 0 Å². The molecule has 0 radical (unpaired) electrons. The van der Waals surface area contributed by atoms with Crippen molar-refractivity contribution in [1.82, 2.24) is 4.98 Å². The van der Waals surface area contributed by atoms with Crippen molar-refractivity contribution >= 4 is 11.3 Å². The van der Waals surface area contributed by atoms with Gasteiger partial charge >= 0.3 is 0 Å². The van der Waals surface area contributed by atoms with Gasteiger partial charge in [0, 0.05) is 23.6 Å². The highest BCUT2D eigenvalue weighted by Crippen LogP contribution is 2.27. The highest BCUT2D eigenvalue weighted by Gasteiger charge is 2.06. The maximum absolute atomic E-state index is 5.34. The fraction of sp³-hybridized carbons (Fsp3) is 0.250. The monoisotopic (exact) mass is 235 g/mol. The van der Waals surface area contributed by atoms with Crippen LogP contribution in [0, 0.1) is 0 Å². The van der Waals surface area contributed by atoms with Crippen LogP contribution in [0.2, 0.25) is 0 Å². The van der Waals surface area contributed by atoms with Crippen molar-refractivity contribution < 1.29 is 9.47 Å². The predicted octanol–water partition coefficient (Wildman–Crippen LogP) is 2.75. The lowest BCUT2D eigenvalue weighted by Gasteiger charge is -2.09. The summed E-state index contributed by atoms with van der Waals surface area (Å²) in [6.07, 6.45) is 2.73. The van der Waals surface area contributed by atoms with Gasteiger partial charge in [-0.1, -0.05) is 6.07 Å². The van der Waals surface area contributed by atoms with Gasteiger partial charge in [0.15, 0.2) is 0 Å². The Morgan fingerprint density at radius 3 is 2.75 bits per heavy atom. The van der Waals surface area contributed by atoms with E-state index in [0.29, 0.717) is 0 Å². The summed E-state index contributed by atoms with van der Waals surface area (Å²) in [7, 11) is 3.32. The molecule has 0 aliphatic heterocycles. The first-order valence-corrected chi connectivity index (χ1v) is 5.79. The number of nitrogens with zero attached hydrogens (tertiary/aromatic N) is 1. The summed E-state index contributed by atoms with van der Waals surface area (Å²) in [5, 5.41) is 0. The largest absolute Gasteiger partial charge is 0.497 e. The topological polar surface area (TPSA) is 31.4 Å². The maximum Gasteiger partial charge on any atom is 0.126 e. The Kier molecular flexibility index (Phi) is 3.41. The summed E-state index contributed by atoms with van der Waals surface area (Å²) < 4.78 is 10.5. The van der Waals surface area contributed by atoms with E-state index in [4.69, 9.17) is 9.47 Å². The molecule has 0 atom stereocenters. The van der Waals surface area contributed by atoms with Gasteiger partial charge in [-0.25, -0.2) is 0 Å². The van der Waals surface area contributed by atoms with Gasteiger partial charge in [-0.05, 0) is 11.6 Å². The number of benzene rings is 1. The average molecular weight is 235 g/mol. The number of rotatable bonds is 4. The van der Waals surface area contributed by atoms with Crippen molar-refractivity contribution in [3.05, 3.63) is 40.3 Å². The van der Waals surface area contributed by atoms with Gasteiger partial charge in [-0.2, -0.15) is 0 Å². The molecule has 0 spiro atoms. The minimum absolute atomic E-state index is 0.810. The summed E-state index contributed by atoms with van der Waals surface area (Å²) in [6, 6.07) is 5.87.